The highest BCUT2D eigenvalue weighted by Gasteiger charge is 2.25. The summed E-state index contributed by atoms with van der Waals surface area (Å²) in [5.41, 5.74) is 2.10. The van der Waals surface area contributed by atoms with Gasteiger partial charge in [-0.3, -0.25) is 0 Å². The molecule has 2 heterocycles. The van der Waals surface area contributed by atoms with Gasteiger partial charge in [0.2, 0.25) is 0 Å². The highest BCUT2D eigenvalue weighted by Crippen LogP contribution is 2.27. The lowest BCUT2D eigenvalue weighted by Crippen LogP contribution is -2.37. The summed E-state index contributed by atoms with van der Waals surface area (Å²) in [6.45, 7) is 2.72. The highest BCUT2D eigenvalue weighted by molar-refractivity contribution is 5.74. The number of fused-ring (bicyclic) bond motifs is 1. The molecule has 2 atom stereocenters. The third kappa shape index (κ3) is 3.70. The monoisotopic (exact) mass is 307 g/mol. The van der Waals surface area contributed by atoms with Crippen LogP contribution in [0.5, 0.6) is 0 Å². The van der Waals surface area contributed by atoms with E-state index in [0.717, 1.165) is 49.3 Å². The Balaban J connectivity index is 1.66. The van der Waals surface area contributed by atoms with Gasteiger partial charge in [-0.25, -0.2) is 4.98 Å². The number of benzene rings is 1. The van der Waals surface area contributed by atoms with Crippen molar-refractivity contribution in [2.45, 2.75) is 31.6 Å². The Labute approximate surface area is 136 Å². The number of nitrogens with zero attached hydrogens (tertiary/aromatic N) is 4. The van der Waals surface area contributed by atoms with Crippen LogP contribution in [0.15, 0.2) is 24.3 Å². The lowest BCUT2D eigenvalue weighted by atomic mass is 9.95. The van der Waals surface area contributed by atoms with Gasteiger partial charge >= 0.3 is 0 Å². The van der Waals surface area contributed by atoms with Gasteiger partial charge in [-0.2, -0.15) is 10.5 Å². The summed E-state index contributed by atoms with van der Waals surface area (Å²) in [5.74, 6) is 1.40. The SMILES string of the molecule is N#CCC[C@@H](C#N)CN1CCC[C@@H](c2nc3ccccc3[nH]2)C1. The van der Waals surface area contributed by atoms with E-state index < -0.39 is 0 Å². The van der Waals surface area contributed by atoms with Crippen molar-refractivity contribution in [1.82, 2.24) is 14.9 Å². The van der Waals surface area contributed by atoms with Crippen molar-refractivity contribution in [1.29, 1.82) is 10.5 Å². The summed E-state index contributed by atoms with van der Waals surface area (Å²) in [5, 5.41) is 17.9. The lowest BCUT2D eigenvalue weighted by Gasteiger charge is -2.32. The van der Waals surface area contributed by atoms with E-state index in [-0.39, 0.29) is 5.92 Å². The van der Waals surface area contributed by atoms with Crippen molar-refractivity contribution in [3.8, 4) is 12.1 Å². The Morgan fingerprint density at radius 2 is 2.22 bits per heavy atom. The van der Waals surface area contributed by atoms with Crippen LogP contribution >= 0.6 is 0 Å². The van der Waals surface area contributed by atoms with Crippen molar-refractivity contribution >= 4 is 11.0 Å². The van der Waals surface area contributed by atoms with Gasteiger partial charge in [-0.05, 0) is 37.9 Å². The van der Waals surface area contributed by atoms with E-state index in [1.54, 1.807) is 0 Å². The molecule has 1 aliphatic heterocycles. The van der Waals surface area contributed by atoms with Crippen LogP contribution in [0.25, 0.3) is 11.0 Å². The van der Waals surface area contributed by atoms with E-state index >= 15 is 0 Å². The van der Waals surface area contributed by atoms with Crippen molar-refractivity contribution < 1.29 is 0 Å². The Morgan fingerprint density at radius 1 is 1.35 bits per heavy atom. The lowest BCUT2D eigenvalue weighted by molar-refractivity contribution is 0.187. The third-order valence-corrected chi connectivity index (χ3v) is 4.57. The number of aromatic amines is 1. The second kappa shape index (κ2) is 7.26. The maximum atomic E-state index is 9.26. The quantitative estimate of drug-likeness (QED) is 0.920. The molecule has 118 valence electrons. The Bertz CT molecular complexity index is 703. The van der Waals surface area contributed by atoms with Crippen LogP contribution in [0.2, 0.25) is 0 Å². The number of nitriles is 2. The van der Waals surface area contributed by atoms with E-state index in [0.29, 0.717) is 18.8 Å². The molecule has 3 rings (SSSR count). The van der Waals surface area contributed by atoms with Gasteiger partial charge in [0.05, 0.1) is 29.1 Å². The molecule has 1 saturated heterocycles. The third-order valence-electron chi connectivity index (χ3n) is 4.57. The number of piperidine rings is 1. The van der Waals surface area contributed by atoms with Crippen molar-refractivity contribution in [2.75, 3.05) is 19.6 Å². The minimum absolute atomic E-state index is 0.0518. The molecule has 1 aliphatic rings. The first-order valence-electron chi connectivity index (χ1n) is 8.23. The van der Waals surface area contributed by atoms with E-state index in [2.05, 4.69) is 28.1 Å². The number of aromatic nitrogens is 2. The topological polar surface area (TPSA) is 79.5 Å². The van der Waals surface area contributed by atoms with Crippen LogP contribution < -0.4 is 0 Å². The molecule has 0 saturated carbocycles. The van der Waals surface area contributed by atoms with E-state index in [1.807, 2.05) is 18.2 Å². The fourth-order valence-electron chi connectivity index (χ4n) is 3.36. The van der Waals surface area contributed by atoms with Crippen LogP contribution in [-0.4, -0.2) is 34.5 Å². The molecule has 23 heavy (non-hydrogen) atoms. The fraction of sp³-hybridized carbons (Fsp3) is 0.500. The first kappa shape index (κ1) is 15.5. The number of nitrogens with one attached hydrogen (secondary N) is 1. The predicted molar refractivity (Wildman–Crippen MR) is 88.5 cm³/mol. The molecule has 0 unspecified atom stereocenters. The molecule has 0 bridgehead atoms. The van der Waals surface area contributed by atoms with E-state index in [1.165, 1.54) is 0 Å². The van der Waals surface area contributed by atoms with Crippen LogP contribution in [0, 0.1) is 28.6 Å². The Kier molecular flexibility index (Phi) is 4.90. The van der Waals surface area contributed by atoms with E-state index in [9.17, 15) is 5.26 Å². The molecule has 1 aromatic carbocycles. The Hall–Kier alpha value is -2.37. The van der Waals surface area contributed by atoms with Crippen molar-refractivity contribution in [2.24, 2.45) is 5.92 Å². The van der Waals surface area contributed by atoms with Crippen molar-refractivity contribution in [3.63, 3.8) is 0 Å². The molecule has 0 aliphatic carbocycles. The molecule has 1 fully saturated rings. The molecule has 5 nitrogen and oxygen atoms in total. The number of rotatable bonds is 5. The average Bonchev–Trinajstić information content (AvgIpc) is 3.03. The highest BCUT2D eigenvalue weighted by atomic mass is 15.1. The average molecular weight is 307 g/mol. The van der Waals surface area contributed by atoms with Gasteiger partial charge in [-0.1, -0.05) is 12.1 Å². The smallest absolute Gasteiger partial charge is 0.111 e. The standard InChI is InChI=1S/C18H21N5/c19-9-3-5-14(11-20)12-23-10-4-6-15(13-23)18-21-16-7-1-2-8-17(16)22-18/h1-2,7-8,14-15H,3-6,10,12-13H2,(H,21,22)/t14-,15+/m0/s1. The molecule has 0 amide bonds. The summed E-state index contributed by atoms with van der Waals surface area (Å²) in [4.78, 5) is 10.5. The summed E-state index contributed by atoms with van der Waals surface area (Å²) >= 11 is 0. The van der Waals surface area contributed by atoms with Gasteiger partial charge in [-0.15, -0.1) is 0 Å². The summed E-state index contributed by atoms with van der Waals surface area (Å²) in [7, 11) is 0. The van der Waals surface area contributed by atoms with Crippen molar-refractivity contribution in [3.05, 3.63) is 30.1 Å². The van der Waals surface area contributed by atoms with Gasteiger partial charge in [0, 0.05) is 25.4 Å². The first-order chi connectivity index (χ1) is 11.3. The number of likely N-dealkylation sites (tertiary alicyclic amines) is 1. The number of imidazole rings is 1. The minimum Gasteiger partial charge on any atom is -0.342 e. The van der Waals surface area contributed by atoms with Crippen LogP contribution in [0.1, 0.15) is 37.4 Å². The molecular formula is C18H21N5. The number of hydrogen-bond acceptors (Lipinski definition) is 4. The molecule has 1 aromatic heterocycles. The minimum atomic E-state index is -0.0518. The second-order valence-electron chi connectivity index (χ2n) is 6.26. The Morgan fingerprint density at radius 3 is 3.00 bits per heavy atom. The normalized spacial score (nSPS) is 20.0. The predicted octanol–water partition coefficient (Wildman–Crippen LogP) is 3.19. The van der Waals surface area contributed by atoms with Crippen LogP contribution in [-0.2, 0) is 0 Å². The maximum Gasteiger partial charge on any atom is 0.111 e. The van der Waals surface area contributed by atoms with Gasteiger partial charge in [0.25, 0.3) is 0 Å². The van der Waals surface area contributed by atoms with Gasteiger partial charge in [0.15, 0.2) is 0 Å². The zero-order valence-corrected chi connectivity index (χ0v) is 13.2. The number of hydrogen-bond donors (Lipinski definition) is 1. The van der Waals surface area contributed by atoms with Gasteiger partial charge < -0.3 is 9.88 Å². The summed E-state index contributed by atoms with van der Waals surface area (Å²) in [6.07, 6.45) is 3.38. The summed E-state index contributed by atoms with van der Waals surface area (Å²) < 4.78 is 0. The zero-order valence-electron chi connectivity index (χ0n) is 13.2. The summed E-state index contributed by atoms with van der Waals surface area (Å²) in [6, 6.07) is 12.6. The molecule has 1 N–H and O–H groups in total. The number of H-pyrrole nitrogens is 1. The largest absolute Gasteiger partial charge is 0.342 e. The fourth-order valence-corrected chi connectivity index (χ4v) is 3.36. The molecule has 2 aromatic rings. The maximum absolute atomic E-state index is 9.26. The van der Waals surface area contributed by atoms with Crippen LogP contribution in [0.4, 0.5) is 0 Å². The second-order valence-corrected chi connectivity index (χ2v) is 6.26. The first-order valence-corrected chi connectivity index (χ1v) is 8.23. The molecule has 5 heteroatoms. The molecular weight excluding hydrogens is 286 g/mol. The van der Waals surface area contributed by atoms with Gasteiger partial charge in [0.1, 0.15) is 5.82 Å². The molecule has 0 spiro atoms. The number of para-hydroxylation sites is 2. The zero-order chi connectivity index (χ0) is 16.1. The van der Waals surface area contributed by atoms with E-state index in [4.69, 9.17) is 10.2 Å². The molecule has 0 radical (unpaired) electrons. The van der Waals surface area contributed by atoms with Crippen LogP contribution in [0.3, 0.4) is 0 Å².